The van der Waals surface area contributed by atoms with Crippen molar-refractivity contribution in [3.05, 3.63) is 58.4 Å². The van der Waals surface area contributed by atoms with E-state index in [1.54, 1.807) is 18.8 Å². The smallest absolute Gasteiger partial charge is 0.279 e. The Bertz CT molecular complexity index is 1260. The van der Waals surface area contributed by atoms with Crippen LogP contribution in [0, 0.1) is 6.92 Å². The number of nitrogens with zero attached hydrogens (tertiary/aromatic N) is 3. The second kappa shape index (κ2) is 10.8. The van der Waals surface area contributed by atoms with Crippen LogP contribution in [0.25, 0.3) is 10.2 Å². The van der Waals surface area contributed by atoms with E-state index in [4.69, 9.17) is 0 Å². The lowest BCUT2D eigenvalue weighted by Gasteiger charge is -2.16. The number of rotatable bonds is 9. The summed E-state index contributed by atoms with van der Waals surface area (Å²) in [4.78, 5) is 18.1. The predicted molar refractivity (Wildman–Crippen MR) is 134 cm³/mol. The van der Waals surface area contributed by atoms with Gasteiger partial charge in [-0.2, -0.15) is 16.8 Å². The Labute approximate surface area is 198 Å². The second-order valence-corrected chi connectivity index (χ2v) is 11.7. The van der Waals surface area contributed by atoms with Crippen molar-refractivity contribution in [1.82, 2.24) is 8.87 Å². The third-order valence-electron chi connectivity index (χ3n) is 5.19. The Morgan fingerprint density at radius 2 is 1.91 bits per heavy atom. The lowest BCUT2D eigenvalue weighted by Crippen LogP contribution is -2.27. The number of carbonyl (C=O) groups excluding carboxylic acids is 1. The number of thiazole rings is 1. The van der Waals surface area contributed by atoms with Gasteiger partial charge in [-0.25, -0.2) is 12.7 Å². The fourth-order valence-corrected chi connectivity index (χ4v) is 5.99. The molecule has 6 nitrogen and oxygen atoms in total. The second-order valence-electron chi connectivity index (χ2n) is 7.62. The van der Waals surface area contributed by atoms with Crippen molar-refractivity contribution < 1.29 is 13.2 Å². The Kier molecular flexibility index (Phi) is 8.32. The Balaban J connectivity index is 1.92. The summed E-state index contributed by atoms with van der Waals surface area (Å²) in [5, 5.41) is 0. The number of hydrogen-bond acceptors (Lipinski definition) is 5. The molecular weight excluding hydrogens is 462 g/mol. The van der Waals surface area contributed by atoms with Gasteiger partial charge >= 0.3 is 0 Å². The maximum absolute atomic E-state index is 12.9. The number of carbonyl (C=O) groups is 1. The monoisotopic (exact) mass is 491 g/mol. The van der Waals surface area contributed by atoms with Crippen molar-refractivity contribution in [1.29, 1.82) is 0 Å². The molecule has 0 bridgehead atoms. The summed E-state index contributed by atoms with van der Waals surface area (Å²) in [5.41, 5.74) is 2.59. The van der Waals surface area contributed by atoms with Crippen LogP contribution in [0.3, 0.4) is 0 Å². The molecule has 0 atom stereocenters. The normalized spacial score (nSPS) is 12.7. The number of benzene rings is 2. The van der Waals surface area contributed by atoms with Gasteiger partial charge in [-0.3, -0.25) is 4.79 Å². The minimum absolute atomic E-state index is 0.181. The van der Waals surface area contributed by atoms with Gasteiger partial charge in [-0.05, 0) is 61.6 Å². The SMILES string of the molecule is CCCCN(C)S(=O)(=O)c1ccc(C(=O)N=c2sc3cc(C)ccc3n2CCSC)cc1. The van der Waals surface area contributed by atoms with Gasteiger partial charge in [-0.1, -0.05) is 30.7 Å². The zero-order valence-electron chi connectivity index (χ0n) is 18.9. The average molecular weight is 492 g/mol. The van der Waals surface area contributed by atoms with E-state index in [-0.39, 0.29) is 10.8 Å². The van der Waals surface area contributed by atoms with E-state index in [9.17, 15) is 13.2 Å². The summed E-state index contributed by atoms with van der Waals surface area (Å²) in [6.45, 7) is 5.30. The first-order valence-corrected chi connectivity index (χ1v) is 14.2. The van der Waals surface area contributed by atoms with Crippen molar-refractivity contribution in [2.24, 2.45) is 4.99 Å². The number of fused-ring (bicyclic) bond motifs is 1. The zero-order chi connectivity index (χ0) is 23.3. The highest BCUT2D eigenvalue weighted by Crippen LogP contribution is 2.20. The summed E-state index contributed by atoms with van der Waals surface area (Å²) in [7, 11) is -1.98. The summed E-state index contributed by atoms with van der Waals surface area (Å²) >= 11 is 3.24. The largest absolute Gasteiger partial charge is 0.316 e. The van der Waals surface area contributed by atoms with E-state index >= 15 is 0 Å². The Hall–Kier alpha value is -1.94. The topological polar surface area (TPSA) is 71.7 Å². The summed E-state index contributed by atoms with van der Waals surface area (Å²) in [6, 6.07) is 12.3. The first kappa shape index (κ1) is 24.7. The summed E-state index contributed by atoms with van der Waals surface area (Å²) < 4.78 is 29.9. The minimum atomic E-state index is -3.56. The van der Waals surface area contributed by atoms with Gasteiger partial charge in [-0.15, -0.1) is 0 Å². The highest BCUT2D eigenvalue weighted by atomic mass is 32.2. The van der Waals surface area contributed by atoms with Gasteiger partial charge in [0, 0.05) is 31.5 Å². The number of thioether (sulfide) groups is 1. The molecule has 1 aromatic heterocycles. The van der Waals surface area contributed by atoms with E-state index in [1.807, 2.05) is 13.8 Å². The fourth-order valence-electron chi connectivity index (χ4n) is 3.27. The molecule has 2 aromatic carbocycles. The number of unbranched alkanes of at least 4 members (excludes halogenated alkanes) is 1. The van der Waals surface area contributed by atoms with Gasteiger partial charge in [0.05, 0.1) is 15.1 Å². The average Bonchev–Trinajstić information content (AvgIpc) is 3.11. The van der Waals surface area contributed by atoms with Crippen LogP contribution in [0.2, 0.25) is 0 Å². The van der Waals surface area contributed by atoms with Gasteiger partial charge < -0.3 is 4.57 Å². The van der Waals surface area contributed by atoms with E-state index in [0.29, 0.717) is 16.9 Å². The molecule has 32 heavy (non-hydrogen) atoms. The van der Waals surface area contributed by atoms with Crippen LogP contribution in [0.4, 0.5) is 0 Å². The molecule has 0 unspecified atom stereocenters. The molecular formula is C23H29N3O3S3. The third kappa shape index (κ3) is 5.51. The van der Waals surface area contributed by atoms with Crippen molar-refractivity contribution in [3.63, 3.8) is 0 Å². The van der Waals surface area contributed by atoms with Crippen LogP contribution in [0.5, 0.6) is 0 Å². The van der Waals surface area contributed by atoms with Gasteiger partial charge in [0.2, 0.25) is 10.0 Å². The predicted octanol–water partition coefficient (Wildman–Crippen LogP) is 4.54. The first-order chi connectivity index (χ1) is 15.3. The van der Waals surface area contributed by atoms with Crippen molar-refractivity contribution in [2.45, 2.75) is 38.1 Å². The molecule has 3 rings (SSSR count). The standard InChI is InChI=1S/C23H29N3O3S3/c1-5-6-13-25(3)32(28,29)19-10-8-18(9-11-19)22(27)24-23-26(14-15-30-4)20-12-7-17(2)16-21(20)31-23/h7-12,16H,5-6,13-15H2,1-4H3. The lowest BCUT2D eigenvalue weighted by atomic mass is 10.2. The highest BCUT2D eigenvalue weighted by Gasteiger charge is 2.20. The highest BCUT2D eigenvalue weighted by molar-refractivity contribution is 7.98. The molecule has 0 aliphatic heterocycles. The number of sulfonamides is 1. The zero-order valence-corrected chi connectivity index (χ0v) is 21.3. The molecule has 1 amide bonds. The minimum Gasteiger partial charge on any atom is -0.316 e. The molecule has 0 aliphatic carbocycles. The Morgan fingerprint density at radius 3 is 2.56 bits per heavy atom. The van der Waals surface area contributed by atoms with E-state index in [0.717, 1.165) is 40.9 Å². The molecule has 3 aromatic rings. The number of aryl methyl sites for hydroxylation is 2. The third-order valence-corrected chi connectivity index (χ3v) is 8.69. The number of amides is 1. The maximum atomic E-state index is 12.9. The number of hydrogen-bond donors (Lipinski definition) is 0. The quantitative estimate of drug-likeness (QED) is 0.441. The van der Waals surface area contributed by atoms with Crippen molar-refractivity contribution in [3.8, 4) is 0 Å². The fraction of sp³-hybridized carbons (Fsp3) is 0.391. The first-order valence-electron chi connectivity index (χ1n) is 10.5. The molecule has 0 spiro atoms. The molecule has 0 fully saturated rings. The summed E-state index contributed by atoms with van der Waals surface area (Å²) in [5.74, 6) is 0.536. The molecule has 0 radical (unpaired) electrons. The molecule has 0 saturated carbocycles. The molecule has 0 N–H and O–H groups in total. The van der Waals surface area contributed by atoms with Crippen LogP contribution in [-0.4, -0.2) is 48.8 Å². The number of aromatic nitrogens is 1. The van der Waals surface area contributed by atoms with Crippen LogP contribution < -0.4 is 4.80 Å². The van der Waals surface area contributed by atoms with Crippen LogP contribution in [0.15, 0.2) is 52.4 Å². The van der Waals surface area contributed by atoms with Crippen LogP contribution in [-0.2, 0) is 16.6 Å². The molecule has 0 aliphatic rings. The molecule has 1 heterocycles. The maximum Gasteiger partial charge on any atom is 0.279 e. The van der Waals surface area contributed by atoms with Gasteiger partial charge in [0.15, 0.2) is 4.80 Å². The van der Waals surface area contributed by atoms with E-state index in [2.05, 4.69) is 34.0 Å². The van der Waals surface area contributed by atoms with Gasteiger partial charge in [0.25, 0.3) is 5.91 Å². The van der Waals surface area contributed by atoms with E-state index < -0.39 is 10.0 Å². The molecule has 0 saturated heterocycles. The summed E-state index contributed by atoms with van der Waals surface area (Å²) in [6.07, 6.45) is 3.77. The van der Waals surface area contributed by atoms with Crippen molar-refractivity contribution >= 4 is 49.2 Å². The van der Waals surface area contributed by atoms with Crippen LogP contribution >= 0.6 is 23.1 Å². The lowest BCUT2D eigenvalue weighted by molar-refractivity contribution is 0.0997. The van der Waals surface area contributed by atoms with E-state index in [1.165, 1.54) is 39.9 Å². The Morgan fingerprint density at radius 1 is 1.19 bits per heavy atom. The molecule has 9 heteroatoms. The van der Waals surface area contributed by atoms with Crippen molar-refractivity contribution in [2.75, 3.05) is 25.6 Å². The van der Waals surface area contributed by atoms with Crippen LogP contribution in [0.1, 0.15) is 35.7 Å². The molecule has 172 valence electrons. The van der Waals surface area contributed by atoms with Gasteiger partial charge in [0.1, 0.15) is 0 Å².